The molecule has 0 bridgehead atoms. The van der Waals surface area contributed by atoms with Crippen LogP contribution in [0.15, 0.2) is 42.7 Å². The molecule has 0 aliphatic heterocycles. The zero-order valence-corrected chi connectivity index (χ0v) is 16.0. The number of alkyl halides is 1. The standard InChI is InChI=1S/C8H10.C6H7BrN2O.C2H6N2S/c1-2-8-6-4-3-5-7-8;1-9-4-5(3-8-9)6(10)2-7;1-4-2(3)5/h3-7H,2H2,1H3;3-4H,2H2,1H3;1H3,(H3,3,4,5). The second-order valence-electron chi connectivity index (χ2n) is 4.41. The summed E-state index contributed by atoms with van der Waals surface area (Å²) >= 11 is 7.44. The van der Waals surface area contributed by atoms with Crippen molar-refractivity contribution in [2.24, 2.45) is 12.8 Å². The summed E-state index contributed by atoms with van der Waals surface area (Å²) in [7, 11) is 3.47. The summed E-state index contributed by atoms with van der Waals surface area (Å²) in [5.41, 5.74) is 6.97. The number of carbonyl (C=O) groups is 1. The highest BCUT2D eigenvalue weighted by atomic mass is 79.9. The van der Waals surface area contributed by atoms with E-state index in [4.69, 9.17) is 5.73 Å². The van der Waals surface area contributed by atoms with Crippen LogP contribution in [0.2, 0.25) is 0 Å². The molecule has 1 aromatic carbocycles. The number of ketones is 1. The Balaban J connectivity index is 0.000000335. The van der Waals surface area contributed by atoms with Crippen molar-refractivity contribution in [1.82, 2.24) is 15.1 Å². The average Bonchev–Trinajstić information content (AvgIpc) is 3.02. The van der Waals surface area contributed by atoms with Crippen molar-refractivity contribution in [3.63, 3.8) is 0 Å². The van der Waals surface area contributed by atoms with E-state index in [9.17, 15) is 4.79 Å². The number of nitrogens with two attached hydrogens (primary N) is 1. The molecule has 0 saturated carbocycles. The molecule has 0 radical (unpaired) electrons. The van der Waals surface area contributed by atoms with Crippen LogP contribution < -0.4 is 11.1 Å². The third-order valence-electron chi connectivity index (χ3n) is 2.65. The highest BCUT2D eigenvalue weighted by molar-refractivity contribution is 9.09. The van der Waals surface area contributed by atoms with E-state index in [1.54, 1.807) is 31.2 Å². The molecule has 2 aromatic rings. The van der Waals surface area contributed by atoms with Gasteiger partial charge in [-0.25, -0.2) is 0 Å². The summed E-state index contributed by atoms with van der Waals surface area (Å²) in [6.45, 7) is 2.16. The maximum atomic E-state index is 10.9. The first-order valence-corrected chi connectivity index (χ1v) is 8.56. The Morgan fingerprint density at radius 1 is 1.39 bits per heavy atom. The average molecular weight is 399 g/mol. The van der Waals surface area contributed by atoms with Crippen molar-refractivity contribution in [2.45, 2.75) is 13.3 Å². The van der Waals surface area contributed by atoms with Crippen molar-refractivity contribution in [2.75, 3.05) is 12.4 Å². The van der Waals surface area contributed by atoms with E-state index in [1.807, 2.05) is 6.07 Å². The number of thiocarbonyl (C=S) groups is 1. The number of Topliss-reactive ketones (excluding diaryl/α,β-unsaturated/α-hetero) is 1. The number of nitrogens with zero attached hydrogens (tertiary/aromatic N) is 2. The molecule has 5 nitrogen and oxygen atoms in total. The van der Waals surface area contributed by atoms with Crippen LogP contribution in [-0.2, 0) is 13.5 Å². The first kappa shape index (κ1) is 21.3. The predicted molar refractivity (Wildman–Crippen MR) is 103 cm³/mol. The van der Waals surface area contributed by atoms with Crippen LogP contribution in [0.5, 0.6) is 0 Å². The Hall–Kier alpha value is -1.73. The lowest BCUT2D eigenvalue weighted by atomic mass is 10.2. The van der Waals surface area contributed by atoms with Gasteiger partial charge in [-0.2, -0.15) is 5.10 Å². The third-order valence-corrected chi connectivity index (χ3v) is 3.36. The lowest BCUT2D eigenvalue weighted by Crippen LogP contribution is -2.24. The van der Waals surface area contributed by atoms with Gasteiger partial charge in [0.15, 0.2) is 10.9 Å². The summed E-state index contributed by atoms with van der Waals surface area (Å²) in [6, 6.07) is 10.5. The molecule has 7 heteroatoms. The summed E-state index contributed by atoms with van der Waals surface area (Å²) in [4.78, 5) is 10.9. The van der Waals surface area contributed by atoms with Gasteiger partial charge in [0.25, 0.3) is 0 Å². The number of aromatic nitrogens is 2. The van der Waals surface area contributed by atoms with E-state index >= 15 is 0 Å². The van der Waals surface area contributed by atoms with Crippen molar-refractivity contribution < 1.29 is 4.79 Å². The SMILES string of the molecule is CCc1ccccc1.CNC(N)=S.Cn1cc(C(=O)CBr)cn1. The molecule has 23 heavy (non-hydrogen) atoms. The fraction of sp³-hybridized carbons (Fsp3) is 0.312. The Kier molecular flexibility index (Phi) is 11.8. The van der Waals surface area contributed by atoms with Gasteiger partial charge < -0.3 is 11.1 Å². The Bertz CT molecular complexity index is 587. The smallest absolute Gasteiger partial charge is 0.176 e. The highest BCUT2D eigenvalue weighted by Gasteiger charge is 2.04. The van der Waals surface area contributed by atoms with Crippen LogP contribution >= 0.6 is 28.1 Å². The monoisotopic (exact) mass is 398 g/mol. The predicted octanol–water partition coefficient (Wildman–Crippen LogP) is 2.70. The second-order valence-corrected chi connectivity index (χ2v) is 5.41. The maximum absolute atomic E-state index is 10.9. The van der Waals surface area contributed by atoms with Gasteiger partial charge in [0.1, 0.15) is 0 Å². The van der Waals surface area contributed by atoms with Crippen LogP contribution in [0, 0.1) is 0 Å². The molecule has 0 amide bonds. The Morgan fingerprint density at radius 3 is 2.26 bits per heavy atom. The Morgan fingerprint density at radius 2 is 1.96 bits per heavy atom. The number of hydrogen-bond acceptors (Lipinski definition) is 3. The maximum Gasteiger partial charge on any atom is 0.176 e. The van der Waals surface area contributed by atoms with E-state index in [2.05, 4.69) is 69.8 Å². The molecule has 0 spiro atoms. The quantitative estimate of drug-likeness (QED) is 0.472. The molecule has 0 unspecified atom stereocenters. The minimum absolute atomic E-state index is 0.0631. The van der Waals surface area contributed by atoms with Crippen LogP contribution in [-0.4, -0.2) is 33.1 Å². The van der Waals surface area contributed by atoms with E-state index < -0.39 is 0 Å². The molecule has 1 aromatic heterocycles. The van der Waals surface area contributed by atoms with Crippen LogP contribution in [0.1, 0.15) is 22.8 Å². The molecule has 1 heterocycles. The van der Waals surface area contributed by atoms with Crippen molar-refractivity contribution in [3.05, 3.63) is 53.9 Å². The summed E-state index contributed by atoms with van der Waals surface area (Å²) in [5.74, 6) is 0.0631. The second kappa shape index (κ2) is 12.8. The van der Waals surface area contributed by atoms with Gasteiger partial charge >= 0.3 is 0 Å². The molecule has 0 fully saturated rings. The number of benzene rings is 1. The molecule has 2 rings (SSSR count). The van der Waals surface area contributed by atoms with Gasteiger partial charge in [-0.1, -0.05) is 53.2 Å². The number of hydrogen-bond donors (Lipinski definition) is 2. The zero-order valence-electron chi connectivity index (χ0n) is 13.6. The molecule has 3 N–H and O–H groups in total. The fourth-order valence-corrected chi connectivity index (χ4v) is 1.68. The largest absolute Gasteiger partial charge is 0.376 e. The normalized spacial score (nSPS) is 8.87. The molecule has 0 atom stereocenters. The van der Waals surface area contributed by atoms with Gasteiger partial charge in [-0.15, -0.1) is 0 Å². The van der Waals surface area contributed by atoms with Gasteiger partial charge in [-0.05, 0) is 24.2 Å². The van der Waals surface area contributed by atoms with E-state index in [-0.39, 0.29) is 5.78 Å². The lowest BCUT2D eigenvalue weighted by Gasteiger charge is -1.89. The minimum atomic E-state index is 0.0631. The van der Waals surface area contributed by atoms with Crippen molar-refractivity contribution >= 4 is 39.0 Å². The first-order chi connectivity index (χ1) is 10.9. The third kappa shape index (κ3) is 10.6. The van der Waals surface area contributed by atoms with Gasteiger partial charge in [0.2, 0.25) is 0 Å². The lowest BCUT2D eigenvalue weighted by molar-refractivity contribution is 0.102. The van der Waals surface area contributed by atoms with Gasteiger partial charge in [0.05, 0.1) is 17.1 Å². The summed E-state index contributed by atoms with van der Waals surface area (Å²) in [5, 5.41) is 7.10. The number of nitrogens with one attached hydrogen (secondary N) is 1. The fourth-order valence-electron chi connectivity index (χ4n) is 1.36. The van der Waals surface area contributed by atoms with Crippen molar-refractivity contribution in [1.29, 1.82) is 0 Å². The van der Waals surface area contributed by atoms with E-state index in [1.165, 1.54) is 5.56 Å². The number of carbonyl (C=O) groups excluding carboxylic acids is 1. The highest BCUT2D eigenvalue weighted by Crippen LogP contribution is 1.99. The first-order valence-electron chi connectivity index (χ1n) is 7.03. The number of halogens is 1. The molecule has 126 valence electrons. The van der Waals surface area contributed by atoms with Crippen molar-refractivity contribution in [3.8, 4) is 0 Å². The van der Waals surface area contributed by atoms with Gasteiger partial charge in [-0.3, -0.25) is 9.48 Å². The molecule has 0 aliphatic rings. The minimum Gasteiger partial charge on any atom is -0.376 e. The van der Waals surface area contributed by atoms with Gasteiger partial charge in [0, 0.05) is 20.3 Å². The summed E-state index contributed by atoms with van der Waals surface area (Å²) in [6.07, 6.45) is 4.40. The Labute approximate surface area is 151 Å². The topological polar surface area (TPSA) is 72.9 Å². The molecule has 0 aliphatic carbocycles. The molecular formula is C16H23BrN4OS. The molecule has 0 saturated heterocycles. The van der Waals surface area contributed by atoms with Crippen LogP contribution in [0.25, 0.3) is 0 Å². The van der Waals surface area contributed by atoms with E-state index in [0.717, 1.165) is 6.42 Å². The zero-order chi connectivity index (χ0) is 17.7. The summed E-state index contributed by atoms with van der Waals surface area (Å²) < 4.78 is 1.61. The van der Waals surface area contributed by atoms with E-state index in [0.29, 0.717) is 16.0 Å². The van der Waals surface area contributed by atoms with Crippen LogP contribution in [0.4, 0.5) is 0 Å². The van der Waals surface area contributed by atoms with Crippen LogP contribution in [0.3, 0.4) is 0 Å². The number of aryl methyl sites for hydroxylation is 2. The molecular weight excluding hydrogens is 376 g/mol. The number of rotatable bonds is 3.